The van der Waals surface area contributed by atoms with Gasteiger partial charge >= 0.3 is 0 Å². The minimum Gasteiger partial charge on any atom is -0.483 e. The van der Waals surface area contributed by atoms with E-state index in [9.17, 15) is 4.79 Å². The van der Waals surface area contributed by atoms with Crippen LogP contribution in [0.3, 0.4) is 0 Å². The molecule has 0 atom stereocenters. The van der Waals surface area contributed by atoms with Crippen LogP contribution in [-0.2, 0) is 9.53 Å². The Morgan fingerprint density at radius 2 is 2.14 bits per heavy atom. The molecule has 4 N–H and O–H groups in total. The van der Waals surface area contributed by atoms with Crippen LogP contribution in [0.4, 0.5) is 5.69 Å². The van der Waals surface area contributed by atoms with Gasteiger partial charge in [-0.1, -0.05) is 17.3 Å². The molecule has 1 aliphatic heterocycles. The fourth-order valence-corrected chi connectivity index (χ4v) is 2.07. The monoisotopic (exact) mass is 293 g/mol. The number of hydrogen-bond donors (Lipinski definition) is 3. The second kappa shape index (κ2) is 7.49. The number of benzene rings is 1. The van der Waals surface area contributed by atoms with Gasteiger partial charge in [-0.15, -0.1) is 0 Å². The Bertz CT molecular complexity index is 513. The average Bonchev–Trinajstić information content (AvgIpc) is 2.54. The van der Waals surface area contributed by atoms with Crippen molar-refractivity contribution in [2.45, 2.75) is 12.8 Å². The molecule has 2 rings (SSSR count). The molecule has 1 aromatic carbocycles. The summed E-state index contributed by atoms with van der Waals surface area (Å²) in [6.07, 6.45) is 1.44. The number of anilines is 1. The van der Waals surface area contributed by atoms with Crippen LogP contribution in [0.15, 0.2) is 29.4 Å². The van der Waals surface area contributed by atoms with E-state index in [1.54, 1.807) is 24.3 Å². The summed E-state index contributed by atoms with van der Waals surface area (Å²) in [6.45, 7) is 1.17. The molecule has 1 heterocycles. The van der Waals surface area contributed by atoms with Crippen LogP contribution in [0.5, 0.6) is 5.75 Å². The van der Waals surface area contributed by atoms with E-state index in [2.05, 4.69) is 10.5 Å². The molecule has 7 heteroatoms. The van der Waals surface area contributed by atoms with Crippen molar-refractivity contribution in [3.8, 4) is 5.75 Å². The summed E-state index contributed by atoms with van der Waals surface area (Å²) in [5.41, 5.74) is 5.93. The molecule has 0 spiro atoms. The molecule has 1 aromatic rings. The quantitative estimate of drug-likeness (QED) is 0.327. The lowest BCUT2D eigenvalue weighted by Crippen LogP contribution is -2.29. The molecular formula is C14H19N3O4. The van der Waals surface area contributed by atoms with Gasteiger partial charge in [0.15, 0.2) is 5.84 Å². The van der Waals surface area contributed by atoms with Crippen molar-refractivity contribution in [1.82, 2.24) is 0 Å². The standard InChI is InChI=1S/C14H19N3O4/c15-13(17-19)9-21-12-4-2-1-3-11(12)16-14(18)10-5-7-20-8-6-10/h1-4,10,19H,5-9H2,(H2,15,17)(H,16,18). The molecule has 114 valence electrons. The minimum atomic E-state index is -0.0549. The number of carbonyl (C=O) groups is 1. The van der Waals surface area contributed by atoms with Crippen LogP contribution < -0.4 is 15.8 Å². The largest absolute Gasteiger partial charge is 0.483 e. The zero-order chi connectivity index (χ0) is 15.1. The number of hydrogen-bond acceptors (Lipinski definition) is 5. The first-order valence-corrected chi connectivity index (χ1v) is 6.77. The number of nitrogens with two attached hydrogens (primary N) is 1. The molecule has 7 nitrogen and oxygen atoms in total. The van der Waals surface area contributed by atoms with E-state index in [-0.39, 0.29) is 24.3 Å². The molecular weight excluding hydrogens is 274 g/mol. The van der Waals surface area contributed by atoms with E-state index >= 15 is 0 Å². The molecule has 0 bridgehead atoms. The zero-order valence-corrected chi connectivity index (χ0v) is 11.6. The Morgan fingerprint density at radius 1 is 1.43 bits per heavy atom. The van der Waals surface area contributed by atoms with Crippen molar-refractivity contribution in [3.05, 3.63) is 24.3 Å². The van der Waals surface area contributed by atoms with Crippen LogP contribution in [-0.4, -0.2) is 36.8 Å². The average molecular weight is 293 g/mol. The van der Waals surface area contributed by atoms with Crippen LogP contribution in [0.25, 0.3) is 0 Å². The van der Waals surface area contributed by atoms with Gasteiger partial charge in [0.1, 0.15) is 12.4 Å². The molecule has 0 saturated carbocycles. The van der Waals surface area contributed by atoms with Crippen molar-refractivity contribution in [2.75, 3.05) is 25.1 Å². The third-order valence-corrected chi connectivity index (χ3v) is 3.24. The summed E-state index contributed by atoms with van der Waals surface area (Å²) in [4.78, 5) is 12.2. The van der Waals surface area contributed by atoms with Crippen LogP contribution in [0.2, 0.25) is 0 Å². The van der Waals surface area contributed by atoms with Gasteiger partial charge in [-0.25, -0.2) is 0 Å². The van der Waals surface area contributed by atoms with E-state index in [0.29, 0.717) is 24.7 Å². The first-order valence-electron chi connectivity index (χ1n) is 6.77. The van der Waals surface area contributed by atoms with Crippen molar-refractivity contribution in [3.63, 3.8) is 0 Å². The maximum atomic E-state index is 12.2. The van der Waals surface area contributed by atoms with Gasteiger partial charge < -0.3 is 25.7 Å². The van der Waals surface area contributed by atoms with Gasteiger partial charge in [0.2, 0.25) is 5.91 Å². The van der Waals surface area contributed by atoms with E-state index in [4.69, 9.17) is 20.4 Å². The summed E-state index contributed by atoms with van der Waals surface area (Å²) >= 11 is 0. The number of amides is 1. The number of rotatable bonds is 5. The number of carbonyl (C=O) groups excluding carboxylic acids is 1. The molecule has 21 heavy (non-hydrogen) atoms. The third-order valence-electron chi connectivity index (χ3n) is 3.24. The van der Waals surface area contributed by atoms with E-state index in [1.165, 1.54) is 0 Å². The Labute approximate surface area is 122 Å². The predicted octanol–water partition coefficient (Wildman–Crippen LogP) is 1.18. The number of para-hydroxylation sites is 2. The molecule has 1 saturated heterocycles. The highest BCUT2D eigenvalue weighted by Gasteiger charge is 2.22. The van der Waals surface area contributed by atoms with Crippen LogP contribution in [0.1, 0.15) is 12.8 Å². The van der Waals surface area contributed by atoms with E-state index < -0.39 is 0 Å². The maximum Gasteiger partial charge on any atom is 0.227 e. The number of nitrogens with zero attached hydrogens (tertiary/aromatic N) is 1. The smallest absolute Gasteiger partial charge is 0.227 e. The van der Waals surface area contributed by atoms with E-state index in [0.717, 1.165) is 12.8 Å². The molecule has 0 unspecified atom stereocenters. The molecule has 0 aromatic heterocycles. The Balaban J connectivity index is 2.00. The highest BCUT2D eigenvalue weighted by Crippen LogP contribution is 2.25. The fourth-order valence-electron chi connectivity index (χ4n) is 2.07. The Hall–Kier alpha value is -2.28. The van der Waals surface area contributed by atoms with Crippen LogP contribution >= 0.6 is 0 Å². The topological polar surface area (TPSA) is 106 Å². The van der Waals surface area contributed by atoms with Crippen molar-refractivity contribution < 1.29 is 19.5 Å². The fraction of sp³-hybridized carbons (Fsp3) is 0.429. The van der Waals surface area contributed by atoms with E-state index in [1.807, 2.05) is 0 Å². The summed E-state index contributed by atoms with van der Waals surface area (Å²) in [5, 5.41) is 14.2. The predicted molar refractivity (Wildman–Crippen MR) is 77.5 cm³/mol. The minimum absolute atomic E-state index is 0.0411. The normalized spacial score (nSPS) is 16.5. The van der Waals surface area contributed by atoms with Gasteiger partial charge in [-0.2, -0.15) is 0 Å². The third kappa shape index (κ3) is 4.35. The molecule has 1 fully saturated rings. The van der Waals surface area contributed by atoms with Gasteiger partial charge in [0.25, 0.3) is 0 Å². The number of ether oxygens (including phenoxy) is 2. The Morgan fingerprint density at radius 3 is 2.86 bits per heavy atom. The van der Waals surface area contributed by atoms with Gasteiger partial charge in [-0.3, -0.25) is 4.79 Å². The highest BCUT2D eigenvalue weighted by molar-refractivity contribution is 5.94. The van der Waals surface area contributed by atoms with Gasteiger partial charge in [0.05, 0.1) is 5.69 Å². The second-order valence-electron chi connectivity index (χ2n) is 4.75. The number of nitrogens with one attached hydrogen (secondary N) is 1. The summed E-state index contributed by atoms with van der Waals surface area (Å²) in [6, 6.07) is 7.05. The van der Waals surface area contributed by atoms with Crippen molar-refractivity contribution >= 4 is 17.4 Å². The SMILES string of the molecule is NC(COc1ccccc1NC(=O)C1CCOCC1)=NO. The van der Waals surface area contributed by atoms with Crippen LogP contribution in [0, 0.1) is 5.92 Å². The number of amidine groups is 1. The lowest BCUT2D eigenvalue weighted by molar-refractivity contribution is -0.122. The molecule has 0 aliphatic carbocycles. The van der Waals surface area contributed by atoms with Crippen molar-refractivity contribution in [1.29, 1.82) is 0 Å². The lowest BCUT2D eigenvalue weighted by Gasteiger charge is -2.21. The molecule has 1 aliphatic rings. The highest BCUT2D eigenvalue weighted by atomic mass is 16.5. The first-order chi connectivity index (χ1) is 10.2. The van der Waals surface area contributed by atoms with Gasteiger partial charge in [0, 0.05) is 19.1 Å². The molecule has 1 amide bonds. The maximum absolute atomic E-state index is 12.2. The zero-order valence-electron chi connectivity index (χ0n) is 11.6. The number of oxime groups is 1. The Kier molecular flexibility index (Phi) is 5.39. The van der Waals surface area contributed by atoms with Crippen molar-refractivity contribution in [2.24, 2.45) is 16.8 Å². The lowest BCUT2D eigenvalue weighted by atomic mass is 9.99. The second-order valence-corrected chi connectivity index (χ2v) is 4.75. The van der Waals surface area contributed by atoms with Gasteiger partial charge in [-0.05, 0) is 25.0 Å². The molecule has 0 radical (unpaired) electrons. The summed E-state index contributed by atoms with van der Waals surface area (Å²) < 4.78 is 10.7. The first kappa shape index (κ1) is 15.1. The summed E-state index contributed by atoms with van der Waals surface area (Å²) in [5.74, 6) is 0.346. The summed E-state index contributed by atoms with van der Waals surface area (Å²) in [7, 11) is 0.